The zero-order chi connectivity index (χ0) is 26.9. The molecule has 0 radical (unpaired) electrons. The van der Waals surface area contributed by atoms with Gasteiger partial charge in [-0.25, -0.2) is 0 Å². The number of methoxy groups -OCH3 is 1. The molecule has 4 aliphatic carbocycles. The summed E-state index contributed by atoms with van der Waals surface area (Å²) < 4.78 is 5.23. The predicted molar refractivity (Wildman–Crippen MR) is 140 cm³/mol. The summed E-state index contributed by atoms with van der Waals surface area (Å²) in [4.78, 5) is 37.3. The van der Waals surface area contributed by atoms with Crippen molar-refractivity contribution in [3.05, 3.63) is 11.6 Å². The molecule has 0 aromatic carbocycles. The fourth-order valence-corrected chi connectivity index (χ4v) is 9.97. The van der Waals surface area contributed by atoms with Crippen LogP contribution in [0.15, 0.2) is 11.6 Å². The van der Waals surface area contributed by atoms with Crippen molar-refractivity contribution < 1.29 is 24.2 Å². The minimum atomic E-state index is -0.671. The van der Waals surface area contributed by atoms with Crippen LogP contribution in [0.4, 0.5) is 0 Å². The normalized spacial score (nSPS) is 46.4. The third-order valence-electron chi connectivity index (χ3n) is 12.7. The van der Waals surface area contributed by atoms with Crippen LogP contribution in [-0.2, 0) is 19.1 Å². The molecule has 3 fully saturated rings. The van der Waals surface area contributed by atoms with Crippen LogP contribution in [0.1, 0.15) is 106 Å². The van der Waals surface area contributed by atoms with Crippen LogP contribution in [0.5, 0.6) is 0 Å². The Morgan fingerprint density at radius 2 is 1.72 bits per heavy atom. The Bertz CT molecular complexity index is 981. The fourth-order valence-electron chi connectivity index (χ4n) is 9.97. The molecular weight excluding hydrogens is 452 g/mol. The topological polar surface area (TPSA) is 80.7 Å². The van der Waals surface area contributed by atoms with E-state index in [0.717, 1.165) is 51.2 Å². The van der Waals surface area contributed by atoms with Crippen LogP contribution in [0.25, 0.3) is 0 Å². The monoisotopic (exact) mass is 500 g/mol. The van der Waals surface area contributed by atoms with Gasteiger partial charge in [-0.05, 0) is 112 Å². The first-order chi connectivity index (χ1) is 16.6. The zero-order valence-electron chi connectivity index (χ0n) is 23.8. The summed E-state index contributed by atoms with van der Waals surface area (Å²) in [5.41, 5.74) is -0.0790. The molecule has 0 amide bonds. The van der Waals surface area contributed by atoms with Crippen LogP contribution < -0.4 is 0 Å². The molecule has 1 unspecified atom stereocenters. The summed E-state index contributed by atoms with van der Waals surface area (Å²) in [5, 5.41) is 10.1. The molecule has 36 heavy (non-hydrogen) atoms. The van der Waals surface area contributed by atoms with Gasteiger partial charge in [0, 0.05) is 6.42 Å². The van der Waals surface area contributed by atoms with Gasteiger partial charge in [0.25, 0.3) is 0 Å². The second-order valence-electron chi connectivity index (χ2n) is 14.7. The molecule has 1 N–H and O–H groups in total. The van der Waals surface area contributed by atoms with E-state index < -0.39 is 16.8 Å². The number of aldehydes is 1. The minimum Gasteiger partial charge on any atom is -0.481 e. The average molecular weight is 501 g/mol. The largest absolute Gasteiger partial charge is 0.481 e. The minimum absolute atomic E-state index is 0.0179. The van der Waals surface area contributed by atoms with E-state index in [2.05, 4.69) is 33.8 Å². The van der Waals surface area contributed by atoms with Crippen molar-refractivity contribution in [2.75, 3.05) is 7.11 Å². The highest BCUT2D eigenvalue weighted by molar-refractivity contribution is 5.76. The first-order valence-corrected chi connectivity index (χ1v) is 14.0. The van der Waals surface area contributed by atoms with Crippen molar-refractivity contribution in [3.8, 4) is 0 Å². The number of hydrogen-bond acceptors (Lipinski definition) is 4. The van der Waals surface area contributed by atoms with E-state index in [1.54, 1.807) is 0 Å². The summed E-state index contributed by atoms with van der Waals surface area (Å²) >= 11 is 0. The third-order valence-corrected chi connectivity index (χ3v) is 12.7. The first-order valence-electron chi connectivity index (χ1n) is 14.0. The summed E-state index contributed by atoms with van der Waals surface area (Å²) in [7, 11) is 1.46. The Morgan fingerprint density at radius 1 is 1.08 bits per heavy atom. The highest BCUT2D eigenvalue weighted by Gasteiger charge is 2.67. The molecule has 0 bridgehead atoms. The number of ether oxygens (including phenoxy) is 1. The molecule has 0 aromatic rings. The van der Waals surface area contributed by atoms with Crippen LogP contribution in [0, 0.1) is 50.2 Å². The SMILES string of the molecule is COC(=O)C(C)(C)C1CC[C@]2(C)[C@H](CC=C3[C@@H]4C[C@@](C)(C(=O)O)CC[C@]4(C)CC[C@]32C)[C@@]1(C)CC=O. The van der Waals surface area contributed by atoms with Crippen molar-refractivity contribution in [1.82, 2.24) is 0 Å². The van der Waals surface area contributed by atoms with Crippen LogP contribution in [0.2, 0.25) is 0 Å². The second kappa shape index (κ2) is 8.43. The Kier molecular flexibility index (Phi) is 6.41. The zero-order valence-corrected chi connectivity index (χ0v) is 23.8. The Balaban J connectivity index is 1.80. The van der Waals surface area contributed by atoms with Crippen molar-refractivity contribution >= 4 is 18.2 Å². The Morgan fingerprint density at radius 3 is 2.31 bits per heavy atom. The van der Waals surface area contributed by atoms with Gasteiger partial charge in [-0.1, -0.05) is 39.3 Å². The fraction of sp³-hybridized carbons (Fsp3) is 0.839. The van der Waals surface area contributed by atoms with Gasteiger partial charge >= 0.3 is 11.9 Å². The number of hydrogen-bond donors (Lipinski definition) is 1. The van der Waals surface area contributed by atoms with E-state index in [4.69, 9.17) is 4.74 Å². The van der Waals surface area contributed by atoms with E-state index in [0.29, 0.717) is 12.8 Å². The highest BCUT2D eigenvalue weighted by atomic mass is 16.5. The molecule has 202 valence electrons. The first kappa shape index (κ1) is 27.4. The van der Waals surface area contributed by atoms with Gasteiger partial charge in [-0.3, -0.25) is 9.59 Å². The van der Waals surface area contributed by atoms with Crippen molar-refractivity contribution in [2.24, 2.45) is 50.2 Å². The van der Waals surface area contributed by atoms with Gasteiger partial charge in [-0.15, -0.1) is 0 Å². The lowest BCUT2D eigenvalue weighted by Crippen LogP contribution is -2.63. The summed E-state index contributed by atoms with van der Waals surface area (Å²) in [6, 6.07) is 0. The molecule has 4 rings (SSSR count). The number of allylic oxidation sites excluding steroid dienone is 2. The number of carboxylic acid groups (broad SMARTS) is 1. The molecule has 0 saturated heterocycles. The van der Waals surface area contributed by atoms with Gasteiger partial charge in [0.2, 0.25) is 0 Å². The molecular formula is C31H48O5. The van der Waals surface area contributed by atoms with Crippen LogP contribution >= 0.6 is 0 Å². The maximum atomic E-state index is 12.9. The Hall–Kier alpha value is -1.65. The number of aliphatic carboxylic acids is 1. The van der Waals surface area contributed by atoms with Gasteiger partial charge in [0.1, 0.15) is 6.29 Å². The lowest BCUT2D eigenvalue weighted by Gasteiger charge is -2.69. The lowest BCUT2D eigenvalue weighted by atomic mass is 9.35. The number of carboxylic acids is 1. The van der Waals surface area contributed by atoms with E-state index in [1.807, 2.05) is 20.8 Å². The molecule has 5 nitrogen and oxygen atoms in total. The van der Waals surface area contributed by atoms with Gasteiger partial charge in [0.05, 0.1) is 17.9 Å². The van der Waals surface area contributed by atoms with Gasteiger partial charge in [-0.2, -0.15) is 0 Å². The Labute approximate surface area is 217 Å². The predicted octanol–water partition coefficient (Wildman–Crippen LogP) is 6.84. The molecule has 4 aliphatic rings. The molecule has 0 aromatic heterocycles. The van der Waals surface area contributed by atoms with E-state index in [1.165, 1.54) is 12.7 Å². The quantitative estimate of drug-likeness (QED) is 0.254. The van der Waals surface area contributed by atoms with Crippen LogP contribution in [-0.4, -0.2) is 30.4 Å². The van der Waals surface area contributed by atoms with Crippen molar-refractivity contribution in [1.29, 1.82) is 0 Å². The number of carbonyl (C=O) groups excluding carboxylic acids is 2. The number of fused-ring (bicyclic) bond motifs is 5. The van der Waals surface area contributed by atoms with Crippen molar-refractivity contribution in [3.63, 3.8) is 0 Å². The number of esters is 1. The van der Waals surface area contributed by atoms with E-state index >= 15 is 0 Å². The number of rotatable bonds is 5. The molecule has 5 heteroatoms. The maximum absolute atomic E-state index is 12.9. The second-order valence-corrected chi connectivity index (χ2v) is 14.7. The standard InChI is InChI=1S/C31H48O5/c1-26(2,25(35)36-8)22-11-12-31(7)23(29(22,5)17-18-32)10-9-20-21-19-28(4,24(33)34)14-13-27(21,3)15-16-30(20,31)6/h9,18,21-23H,10-17,19H2,1-8H3,(H,33,34)/t21-,22?,23+,27+,28-,29-,30+,31+/m0/s1. The van der Waals surface area contributed by atoms with Gasteiger partial charge in [0.15, 0.2) is 0 Å². The maximum Gasteiger partial charge on any atom is 0.311 e. The molecule has 0 heterocycles. The molecule has 8 atom stereocenters. The smallest absolute Gasteiger partial charge is 0.311 e. The van der Waals surface area contributed by atoms with E-state index in [-0.39, 0.29) is 45.4 Å². The van der Waals surface area contributed by atoms with Crippen LogP contribution in [0.3, 0.4) is 0 Å². The van der Waals surface area contributed by atoms with Crippen molar-refractivity contribution in [2.45, 2.75) is 106 Å². The lowest BCUT2D eigenvalue weighted by molar-refractivity contribution is -0.184. The van der Waals surface area contributed by atoms with E-state index in [9.17, 15) is 19.5 Å². The summed E-state index contributed by atoms with van der Waals surface area (Å²) in [6.07, 6.45) is 11.4. The highest BCUT2D eigenvalue weighted by Crippen LogP contribution is 2.74. The average Bonchev–Trinajstić information content (AvgIpc) is 2.80. The molecule has 3 saturated carbocycles. The third kappa shape index (κ3) is 3.50. The molecule has 0 aliphatic heterocycles. The van der Waals surface area contributed by atoms with Gasteiger partial charge < -0.3 is 14.6 Å². The summed E-state index contributed by atoms with van der Waals surface area (Å²) in [5.74, 6) is -0.259. The number of carbonyl (C=O) groups is 3. The molecule has 0 spiro atoms. The summed E-state index contributed by atoms with van der Waals surface area (Å²) in [6.45, 7) is 15.4.